The number of carbonyl (C=O) groups is 1. The lowest BCUT2D eigenvalue weighted by Crippen LogP contribution is -2.46. The van der Waals surface area contributed by atoms with Crippen molar-refractivity contribution >= 4 is 17.6 Å². The molecule has 0 spiro atoms. The summed E-state index contributed by atoms with van der Waals surface area (Å²) in [6.45, 7) is 0. The van der Waals surface area contributed by atoms with Gasteiger partial charge in [-0.05, 0) is 31.5 Å². The number of nitrogens with one attached hydrogen (secondary N) is 1. The van der Waals surface area contributed by atoms with Gasteiger partial charge in [0.1, 0.15) is 0 Å². The van der Waals surface area contributed by atoms with Crippen molar-refractivity contribution in [1.29, 1.82) is 0 Å². The number of rotatable bonds is 3. The van der Waals surface area contributed by atoms with Gasteiger partial charge < -0.3 is 10.1 Å². The largest absolute Gasteiger partial charge is 0.469 e. The highest BCUT2D eigenvalue weighted by molar-refractivity contribution is 6.31. The molecule has 0 heterocycles. The minimum absolute atomic E-state index is 0.165. The Kier molecular flexibility index (Phi) is 3.93. The van der Waals surface area contributed by atoms with E-state index < -0.39 is 5.54 Å². The molecule has 1 aliphatic carbocycles. The lowest BCUT2D eigenvalue weighted by Gasteiger charge is -2.35. The first-order valence-electron chi connectivity index (χ1n) is 6.17. The predicted molar refractivity (Wildman–Crippen MR) is 71.5 cm³/mol. The first-order valence-corrected chi connectivity index (χ1v) is 6.55. The third kappa shape index (κ3) is 2.02. The molecule has 1 N–H and O–H groups in total. The van der Waals surface area contributed by atoms with Crippen LogP contribution in [0.25, 0.3) is 0 Å². The Balaban J connectivity index is 2.47. The molecule has 0 saturated heterocycles. The summed E-state index contributed by atoms with van der Waals surface area (Å²) >= 11 is 6.29. The Morgan fingerprint density at radius 1 is 1.50 bits per heavy atom. The molecule has 4 heteroatoms. The molecule has 1 saturated carbocycles. The number of carbonyl (C=O) groups excluding carboxylic acids is 1. The predicted octanol–water partition coefficient (Wildman–Crippen LogP) is 2.73. The molecule has 1 fully saturated rings. The van der Waals surface area contributed by atoms with Crippen LogP contribution in [0, 0.1) is 5.92 Å². The molecule has 2 rings (SSSR count). The van der Waals surface area contributed by atoms with E-state index in [4.69, 9.17) is 16.3 Å². The second-order valence-electron chi connectivity index (χ2n) is 4.67. The van der Waals surface area contributed by atoms with Crippen LogP contribution in [-0.4, -0.2) is 20.1 Å². The van der Waals surface area contributed by atoms with E-state index in [1.807, 2.05) is 31.3 Å². The van der Waals surface area contributed by atoms with Gasteiger partial charge in [-0.1, -0.05) is 36.2 Å². The van der Waals surface area contributed by atoms with Gasteiger partial charge in [0.05, 0.1) is 18.6 Å². The van der Waals surface area contributed by atoms with Crippen LogP contribution < -0.4 is 5.32 Å². The number of ether oxygens (including phenoxy) is 1. The van der Waals surface area contributed by atoms with E-state index in [2.05, 4.69) is 5.32 Å². The molecule has 0 aromatic heterocycles. The van der Waals surface area contributed by atoms with Crippen molar-refractivity contribution in [3.05, 3.63) is 34.9 Å². The second-order valence-corrected chi connectivity index (χ2v) is 5.08. The maximum Gasteiger partial charge on any atom is 0.310 e. The van der Waals surface area contributed by atoms with Gasteiger partial charge in [-0.15, -0.1) is 0 Å². The molecule has 0 radical (unpaired) electrons. The number of methoxy groups -OCH3 is 1. The molecule has 1 aliphatic rings. The van der Waals surface area contributed by atoms with E-state index >= 15 is 0 Å². The SMILES string of the molecule is CNC1(c2ccccc2Cl)CCCC1C(=O)OC. The summed E-state index contributed by atoms with van der Waals surface area (Å²) in [7, 11) is 3.32. The van der Waals surface area contributed by atoms with E-state index in [-0.39, 0.29) is 11.9 Å². The van der Waals surface area contributed by atoms with Crippen LogP contribution in [0.3, 0.4) is 0 Å². The van der Waals surface area contributed by atoms with Gasteiger partial charge in [0.15, 0.2) is 0 Å². The molecular weight excluding hydrogens is 250 g/mol. The van der Waals surface area contributed by atoms with Crippen LogP contribution in [-0.2, 0) is 15.1 Å². The fourth-order valence-corrected chi connectivity index (χ4v) is 3.35. The van der Waals surface area contributed by atoms with Crippen molar-refractivity contribution in [3.63, 3.8) is 0 Å². The molecule has 2 atom stereocenters. The average Bonchev–Trinajstić information content (AvgIpc) is 2.83. The summed E-state index contributed by atoms with van der Waals surface area (Å²) in [6.07, 6.45) is 2.72. The van der Waals surface area contributed by atoms with E-state index in [0.717, 1.165) is 24.8 Å². The summed E-state index contributed by atoms with van der Waals surface area (Å²) in [5.41, 5.74) is 0.591. The van der Waals surface area contributed by atoms with Crippen LogP contribution in [0.1, 0.15) is 24.8 Å². The van der Waals surface area contributed by atoms with Crippen molar-refractivity contribution in [2.75, 3.05) is 14.2 Å². The Bertz CT molecular complexity index is 449. The molecule has 0 aliphatic heterocycles. The zero-order valence-corrected chi connectivity index (χ0v) is 11.5. The standard InChI is InChI=1S/C14H18ClNO2/c1-16-14(10-6-3-4-8-12(10)15)9-5-7-11(14)13(17)18-2/h3-4,6,8,11,16H,5,7,9H2,1-2H3. The van der Waals surface area contributed by atoms with Crippen LogP contribution in [0.15, 0.2) is 24.3 Å². The summed E-state index contributed by atoms with van der Waals surface area (Å²) in [6, 6.07) is 7.70. The lowest BCUT2D eigenvalue weighted by molar-refractivity contribution is -0.147. The monoisotopic (exact) mass is 267 g/mol. The van der Waals surface area contributed by atoms with Crippen LogP contribution in [0.5, 0.6) is 0 Å². The molecule has 2 unspecified atom stereocenters. The average molecular weight is 268 g/mol. The van der Waals surface area contributed by atoms with Crippen molar-refractivity contribution in [1.82, 2.24) is 5.32 Å². The van der Waals surface area contributed by atoms with E-state index in [1.165, 1.54) is 7.11 Å². The summed E-state index contributed by atoms with van der Waals surface area (Å²) in [5, 5.41) is 4.01. The van der Waals surface area contributed by atoms with Crippen molar-refractivity contribution in [2.24, 2.45) is 5.92 Å². The molecule has 1 aromatic carbocycles. The Morgan fingerprint density at radius 3 is 2.83 bits per heavy atom. The summed E-state index contributed by atoms with van der Waals surface area (Å²) in [5.74, 6) is -0.339. The summed E-state index contributed by atoms with van der Waals surface area (Å²) in [4.78, 5) is 12.0. The Labute approximate surface area is 112 Å². The maximum absolute atomic E-state index is 12.0. The third-order valence-corrected chi connectivity index (χ3v) is 4.27. The highest BCUT2D eigenvalue weighted by Gasteiger charge is 2.48. The zero-order chi connectivity index (χ0) is 13.2. The smallest absolute Gasteiger partial charge is 0.310 e. The van der Waals surface area contributed by atoms with E-state index in [0.29, 0.717) is 5.02 Å². The second kappa shape index (κ2) is 5.29. The quantitative estimate of drug-likeness (QED) is 0.856. The van der Waals surface area contributed by atoms with Gasteiger partial charge in [-0.25, -0.2) is 0 Å². The minimum atomic E-state index is -0.397. The number of halogens is 1. The first-order chi connectivity index (χ1) is 8.65. The van der Waals surface area contributed by atoms with Crippen molar-refractivity contribution in [2.45, 2.75) is 24.8 Å². The first kappa shape index (κ1) is 13.4. The van der Waals surface area contributed by atoms with Crippen LogP contribution >= 0.6 is 11.6 Å². The number of hydrogen-bond donors (Lipinski definition) is 1. The molecule has 98 valence electrons. The third-order valence-electron chi connectivity index (χ3n) is 3.95. The molecule has 0 amide bonds. The fraction of sp³-hybridized carbons (Fsp3) is 0.500. The lowest BCUT2D eigenvalue weighted by atomic mass is 9.80. The van der Waals surface area contributed by atoms with Gasteiger partial charge in [-0.2, -0.15) is 0 Å². The minimum Gasteiger partial charge on any atom is -0.469 e. The number of benzene rings is 1. The van der Waals surface area contributed by atoms with Gasteiger partial charge in [-0.3, -0.25) is 4.79 Å². The fourth-order valence-electron chi connectivity index (χ4n) is 3.05. The molecule has 18 heavy (non-hydrogen) atoms. The van der Waals surface area contributed by atoms with E-state index in [1.54, 1.807) is 0 Å². The van der Waals surface area contributed by atoms with Gasteiger partial charge in [0.25, 0.3) is 0 Å². The van der Waals surface area contributed by atoms with Crippen LogP contribution in [0.2, 0.25) is 5.02 Å². The van der Waals surface area contributed by atoms with E-state index in [9.17, 15) is 4.79 Å². The normalized spacial score (nSPS) is 27.2. The topological polar surface area (TPSA) is 38.3 Å². The molecule has 0 bridgehead atoms. The number of hydrogen-bond acceptors (Lipinski definition) is 3. The summed E-state index contributed by atoms with van der Waals surface area (Å²) < 4.78 is 4.93. The van der Waals surface area contributed by atoms with Gasteiger partial charge in [0.2, 0.25) is 0 Å². The van der Waals surface area contributed by atoms with Crippen molar-refractivity contribution in [3.8, 4) is 0 Å². The van der Waals surface area contributed by atoms with Crippen LogP contribution in [0.4, 0.5) is 0 Å². The molecule has 1 aromatic rings. The molecular formula is C14H18ClNO2. The molecule has 3 nitrogen and oxygen atoms in total. The van der Waals surface area contributed by atoms with Gasteiger partial charge in [0, 0.05) is 5.02 Å². The zero-order valence-electron chi connectivity index (χ0n) is 10.7. The highest BCUT2D eigenvalue weighted by atomic mass is 35.5. The number of esters is 1. The Hall–Kier alpha value is -1.06. The highest BCUT2D eigenvalue weighted by Crippen LogP contribution is 2.46. The maximum atomic E-state index is 12.0. The van der Waals surface area contributed by atoms with Crippen molar-refractivity contribution < 1.29 is 9.53 Å². The Morgan fingerprint density at radius 2 is 2.22 bits per heavy atom. The van der Waals surface area contributed by atoms with Gasteiger partial charge >= 0.3 is 5.97 Å².